The lowest BCUT2D eigenvalue weighted by Gasteiger charge is -2.38. The molecule has 0 aromatic heterocycles. The highest BCUT2D eigenvalue weighted by molar-refractivity contribution is 5.68. The minimum Gasteiger partial charge on any atom is -0.480 e. The molecule has 1 aromatic rings. The van der Waals surface area contributed by atoms with Crippen LogP contribution in [0.25, 0.3) is 0 Å². The smallest absolute Gasteiger partial charge is 0.329 e. The number of hydrogen-bond acceptors (Lipinski definition) is 5. The Morgan fingerprint density at radius 2 is 1.75 bits per heavy atom. The van der Waals surface area contributed by atoms with Crippen LogP contribution in [-0.4, -0.2) is 49.8 Å². The first-order valence-corrected chi connectivity index (χ1v) is 8.58. The molecule has 2 fully saturated rings. The number of anilines is 1. The third-order valence-corrected chi connectivity index (χ3v) is 4.13. The molecule has 6 heteroatoms. The molecule has 2 heterocycles. The molecule has 2 saturated heterocycles. The summed E-state index contributed by atoms with van der Waals surface area (Å²) >= 11 is 0. The van der Waals surface area contributed by atoms with Crippen LogP contribution in [0.1, 0.15) is 32.3 Å². The summed E-state index contributed by atoms with van der Waals surface area (Å²) in [7, 11) is 0. The fourth-order valence-corrected chi connectivity index (χ4v) is 2.95. The molecule has 0 radical (unpaired) electrons. The van der Waals surface area contributed by atoms with E-state index < -0.39 is 5.97 Å². The Morgan fingerprint density at radius 3 is 2.29 bits per heavy atom. The summed E-state index contributed by atoms with van der Waals surface area (Å²) in [6.07, 6.45) is 1.77. The van der Waals surface area contributed by atoms with Crippen molar-refractivity contribution in [2.24, 2.45) is 0 Å². The molecule has 1 aromatic carbocycles. The van der Waals surface area contributed by atoms with Crippen LogP contribution in [0.5, 0.6) is 0 Å². The topological polar surface area (TPSA) is 68.2 Å². The van der Waals surface area contributed by atoms with Crippen LogP contribution in [0, 0.1) is 0 Å². The van der Waals surface area contributed by atoms with Crippen molar-refractivity contribution < 1.29 is 24.1 Å². The fourth-order valence-electron chi connectivity index (χ4n) is 2.95. The molecule has 0 unspecified atom stereocenters. The lowest BCUT2D eigenvalue weighted by molar-refractivity contribution is -0.169. The molecule has 1 spiro atoms. The summed E-state index contributed by atoms with van der Waals surface area (Å²) < 4.78 is 16.6. The third kappa shape index (κ3) is 4.93. The molecular weight excluding hydrogens is 310 g/mol. The number of carboxylic acids is 1. The lowest BCUT2D eigenvalue weighted by atomic mass is 10.0. The monoisotopic (exact) mass is 337 g/mol. The minimum atomic E-state index is -0.949. The van der Waals surface area contributed by atoms with E-state index in [1.165, 1.54) is 0 Å². The Labute approximate surface area is 143 Å². The maximum atomic E-state index is 10.4. The predicted octanol–water partition coefficient (Wildman–Crippen LogP) is 2.66. The van der Waals surface area contributed by atoms with Crippen molar-refractivity contribution in [3.05, 3.63) is 29.8 Å². The molecule has 134 valence electrons. The third-order valence-electron chi connectivity index (χ3n) is 4.13. The quantitative estimate of drug-likeness (QED) is 0.891. The van der Waals surface area contributed by atoms with Crippen LogP contribution >= 0.6 is 0 Å². The molecule has 0 amide bonds. The number of piperidine rings is 1. The Balaban J connectivity index is 0.00000100. The van der Waals surface area contributed by atoms with Crippen molar-refractivity contribution in [3.8, 4) is 0 Å². The second-order valence-electron chi connectivity index (χ2n) is 5.65. The second kappa shape index (κ2) is 9.01. The van der Waals surface area contributed by atoms with Gasteiger partial charge in [-0.3, -0.25) is 0 Å². The summed E-state index contributed by atoms with van der Waals surface area (Å²) in [5, 5.41) is 8.54. The van der Waals surface area contributed by atoms with E-state index in [1.54, 1.807) is 0 Å². The van der Waals surface area contributed by atoms with E-state index in [-0.39, 0.29) is 12.4 Å². The van der Waals surface area contributed by atoms with Gasteiger partial charge in [0.15, 0.2) is 5.79 Å². The highest BCUT2D eigenvalue weighted by atomic mass is 16.7. The first-order valence-electron chi connectivity index (χ1n) is 8.58. The van der Waals surface area contributed by atoms with Crippen molar-refractivity contribution in [3.63, 3.8) is 0 Å². The van der Waals surface area contributed by atoms with Gasteiger partial charge in [-0.2, -0.15) is 0 Å². The highest BCUT2D eigenvalue weighted by Crippen LogP contribution is 2.33. The maximum Gasteiger partial charge on any atom is 0.329 e. The Kier molecular flexibility index (Phi) is 7.02. The molecule has 0 aliphatic carbocycles. The van der Waals surface area contributed by atoms with Gasteiger partial charge in [0.25, 0.3) is 0 Å². The van der Waals surface area contributed by atoms with E-state index >= 15 is 0 Å². The number of benzene rings is 1. The SMILES string of the molecule is CC.O=C(O)COCc1ccc(N2CCC3(CC2)OCCO3)cc1. The minimum absolute atomic E-state index is 0.268. The van der Waals surface area contributed by atoms with Crippen molar-refractivity contribution >= 4 is 11.7 Å². The van der Waals surface area contributed by atoms with Crippen molar-refractivity contribution in [2.75, 3.05) is 37.8 Å². The van der Waals surface area contributed by atoms with Gasteiger partial charge in [-0.1, -0.05) is 26.0 Å². The molecule has 1 N–H and O–H groups in total. The highest BCUT2D eigenvalue weighted by Gasteiger charge is 2.39. The van der Waals surface area contributed by atoms with Gasteiger partial charge >= 0.3 is 5.97 Å². The van der Waals surface area contributed by atoms with Crippen LogP contribution in [0.15, 0.2) is 24.3 Å². The molecule has 0 bridgehead atoms. The van der Waals surface area contributed by atoms with E-state index in [4.69, 9.17) is 19.3 Å². The molecule has 0 atom stereocenters. The standard InChI is InChI=1S/C16H21NO5.C2H6/c18-15(19)12-20-11-13-1-3-14(4-2-13)17-7-5-16(6-8-17)21-9-10-22-16;1-2/h1-4H,5-12H2,(H,18,19);1-2H3. The first kappa shape index (κ1) is 18.7. The van der Waals surface area contributed by atoms with Gasteiger partial charge in [0, 0.05) is 31.6 Å². The number of nitrogens with zero attached hydrogens (tertiary/aromatic N) is 1. The van der Waals surface area contributed by atoms with Crippen LogP contribution in [0.4, 0.5) is 5.69 Å². The number of carbonyl (C=O) groups is 1. The van der Waals surface area contributed by atoms with Crippen molar-refractivity contribution in [1.29, 1.82) is 0 Å². The van der Waals surface area contributed by atoms with Crippen LogP contribution in [-0.2, 0) is 25.6 Å². The first-order chi connectivity index (χ1) is 11.7. The summed E-state index contributed by atoms with van der Waals surface area (Å²) in [5.41, 5.74) is 2.13. The fraction of sp³-hybridized carbons (Fsp3) is 0.611. The summed E-state index contributed by atoms with van der Waals surface area (Å²) in [6, 6.07) is 8.05. The van der Waals surface area contributed by atoms with E-state index in [0.717, 1.165) is 37.2 Å². The van der Waals surface area contributed by atoms with Gasteiger partial charge in [0.1, 0.15) is 6.61 Å². The van der Waals surface area contributed by atoms with Gasteiger partial charge in [-0.15, -0.1) is 0 Å². The van der Waals surface area contributed by atoms with Gasteiger partial charge in [-0.25, -0.2) is 4.79 Å². The number of hydrogen-bond donors (Lipinski definition) is 1. The van der Waals surface area contributed by atoms with Gasteiger partial charge < -0.3 is 24.2 Å². The number of carboxylic acid groups (broad SMARTS) is 1. The van der Waals surface area contributed by atoms with Gasteiger partial charge in [0.05, 0.1) is 19.8 Å². The number of rotatable bonds is 5. The largest absolute Gasteiger partial charge is 0.480 e. The number of aliphatic carboxylic acids is 1. The van der Waals surface area contributed by atoms with Crippen molar-refractivity contribution in [1.82, 2.24) is 0 Å². The van der Waals surface area contributed by atoms with Gasteiger partial charge in [0.2, 0.25) is 0 Å². The van der Waals surface area contributed by atoms with E-state index in [1.807, 2.05) is 38.1 Å². The molecule has 2 aliphatic rings. The zero-order valence-electron chi connectivity index (χ0n) is 14.5. The molecule has 0 saturated carbocycles. The normalized spacial score (nSPS) is 19.0. The predicted molar refractivity (Wildman–Crippen MR) is 91.2 cm³/mol. The maximum absolute atomic E-state index is 10.4. The molecule has 6 nitrogen and oxygen atoms in total. The second-order valence-corrected chi connectivity index (χ2v) is 5.65. The summed E-state index contributed by atoms with van der Waals surface area (Å²) in [6.45, 7) is 7.27. The van der Waals surface area contributed by atoms with E-state index in [0.29, 0.717) is 19.8 Å². The van der Waals surface area contributed by atoms with Crippen molar-refractivity contribution in [2.45, 2.75) is 39.1 Å². The molecule has 3 rings (SSSR count). The number of ether oxygens (including phenoxy) is 3. The van der Waals surface area contributed by atoms with Crippen LogP contribution in [0.2, 0.25) is 0 Å². The summed E-state index contributed by atoms with van der Waals surface area (Å²) in [5.74, 6) is -1.29. The average molecular weight is 337 g/mol. The Bertz CT molecular complexity index is 501. The molecule has 24 heavy (non-hydrogen) atoms. The van der Waals surface area contributed by atoms with E-state index in [2.05, 4.69) is 4.90 Å². The molecular formula is C18H27NO5. The van der Waals surface area contributed by atoms with Gasteiger partial charge in [-0.05, 0) is 17.7 Å². The van der Waals surface area contributed by atoms with Crippen LogP contribution in [0.3, 0.4) is 0 Å². The van der Waals surface area contributed by atoms with E-state index in [9.17, 15) is 4.79 Å². The Hall–Kier alpha value is -1.63. The average Bonchev–Trinajstić information content (AvgIpc) is 3.06. The lowest BCUT2D eigenvalue weighted by Crippen LogP contribution is -2.45. The molecule has 2 aliphatic heterocycles. The Morgan fingerprint density at radius 1 is 1.17 bits per heavy atom. The zero-order chi connectivity index (χ0) is 17.4. The summed E-state index contributed by atoms with van der Waals surface area (Å²) in [4.78, 5) is 12.7. The zero-order valence-corrected chi connectivity index (χ0v) is 14.5. The van der Waals surface area contributed by atoms with Crippen LogP contribution < -0.4 is 4.90 Å².